The third-order valence-electron chi connectivity index (χ3n) is 3.96. The van der Waals surface area contributed by atoms with Crippen molar-refractivity contribution in [1.82, 2.24) is 9.78 Å². The molecule has 20 heavy (non-hydrogen) atoms. The summed E-state index contributed by atoms with van der Waals surface area (Å²) in [6.07, 6.45) is 3.24. The second kappa shape index (κ2) is 4.63. The number of carbonyl (C=O) groups is 1. The van der Waals surface area contributed by atoms with Crippen LogP contribution in [0, 0.1) is 0 Å². The molecule has 0 aliphatic heterocycles. The largest absolute Gasteiger partial charge is 0.399 e. The van der Waals surface area contributed by atoms with Crippen molar-refractivity contribution in [3.63, 3.8) is 0 Å². The molecule has 1 aliphatic carbocycles. The molecule has 2 N–H and O–H groups in total. The number of ketones is 1. The molecule has 3 rings (SSSR count). The van der Waals surface area contributed by atoms with Gasteiger partial charge in [0.15, 0.2) is 5.78 Å². The Morgan fingerprint density at radius 2 is 2.05 bits per heavy atom. The summed E-state index contributed by atoms with van der Waals surface area (Å²) >= 11 is 6.14. The van der Waals surface area contributed by atoms with Crippen LogP contribution in [0.25, 0.3) is 0 Å². The van der Waals surface area contributed by atoms with Gasteiger partial charge >= 0.3 is 0 Å². The average molecular weight is 290 g/mol. The molecule has 1 aromatic heterocycles. The molecule has 0 unspecified atom stereocenters. The number of nitrogen functional groups attached to an aromatic ring is 1. The van der Waals surface area contributed by atoms with Crippen LogP contribution in [-0.4, -0.2) is 15.6 Å². The summed E-state index contributed by atoms with van der Waals surface area (Å²) in [7, 11) is 0. The molecule has 0 saturated heterocycles. The number of Topliss-reactive ketones (excluding diaryl/α,β-unsaturated/α-hetero) is 1. The summed E-state index contributed by atoms with van der Waals surface area (Å²) in [4.78, 5) is 12.9. The maximum atomic E-state index is 12.9. The fourth-order valence-corrected chi connectivity index (χ4v) is 2.86. The minimum atomic E-state index is -0.440. The van der Waals surface area contributed by atoms with E-state index in [9.17, 15) is 4.79 Å². The first-order chi connectivity index (χ1) is 9.58. The normalized spacial score (nSPS) is 16.1. The zero-order valence-electron chi connectivity index (χ0n) is 11.3. The van der Waals surface area contributed by atoms with E-state index in [4.69, 9.17) is 17.3 Å². The fourth-order valence-electron chi connectivity index (χ4n) is 2.63. The third-order valence-corrected chi connectivity index (χ3v) is 4.23. The van der Waals surface area contributed by atoms with Gasteiger partial charge in [-0.1, -0.05) is 23.7 Å². The van der Waals surface area contributed by atoms with Gasteiger partial charge in [-0.15, -0.1) is 0 Å². The van der Waals surface area contributed by atoms with Crippen molar-refractivity contribution in [2.24, 2.45) is 0 Å². The first-order valence-electron chi connectivity index (χ1n) is 6.70. The van der Waals surface area contributed by atoms with Gasteiger partial charge < -0.3 is 5.73 Å². The van der Waals surface area contributed by atoms with Crippen LogP contribution in [0.4, 0.5) is 5.69 Å². The van der Waals surface area contributed by atoms with Gasteiger partial charge in [0.05, 0.1) is 16.6 Å². The molecule has 0 radical (unpaired) electrons. The maximum absolute atomic E-state index is 12.9. The number of aromatic nitrogens is 2. The van der Waals surface area contributed by atoms with Crippen molar-refractivity contribution >= 4 is 23.1 Å². The van der Waals surface area contributed by atoms with Gasteiger partial charge in [-0.25, -0.2) is 0 Å². The second-order valence-electron chi connectivity index (χ2n) is 5.19. The van der Waals surface area contributed by atoms with E-state index in [0.29, 0.717) is 22.9 Å². The van der Waals surface area contributed by atoms with Gasteiger partial charge in [-0.3, -0.25) is 9.48 Å². The van der Waals surface area contributed by atoms with Crippen molar-refractivity contribution in [1.29, 1.82) is 0 Å². The molecule has 1 aliphatic rings. The van der Waals surface area contributed by atoms with E-state index in [0.717, 1.165) is 18.4 Å². The Balaban J connectivity index is 2.01. The maximum Gasteiger partial charge on any atom is 0.192 e. The first kappa shape index (κ1) is 13.2. The number of halogens is 1. The number of aryl methyl sites for hydroxylation is 1. The number of hydrogen-bond donors (Lipinski definition) is 1. The summed E-state index contributed by atoms with van der Waals surface area (Å²) in [6.45, 7) is 2.58. The highest BCUT2D eigenvalue weighted by atomic mass is 35.5. The zero-order valence-corrected chi connectivity index (χ0v) is 12.0. The molecule has 0 amide bonds. The monoisotopic (exact) mass is 289 g/mol. The lowest BCUT2D eigenvalue weighted by Crippen LogP contribution is -2.24. The van der Waals surface area contributed by atoms with Gasteiger partial charge in [0.25, 0.3) is 0 Å². The number of hydrogen-bond acceptors (Lipinski definition) is 3. The highest BCUT2D eigenvalue weighted by Gasteiger charge is 2.52. The summed E-state index contributed by atoms with van der Waals surface area (Å²) in [6, 6.07) is 7.53. The van der Waals surface area contributed by atoms with E-state index in [1.165, 1.54) is 6.20 Å². The number of nitrogens with zero attached hydrogens (tertiary/aromatic N) is 2. The summed E-state index contributed by atoms with van der Waals surface area (Å²) < 4.78 is 1.67. The van der Waals surface area contributed by atoms with Gasteiger partial charge in [-0.2, -0.15) is 5.10 Å². The van der Waals surface area contributed by atoms with Crippen molar-refractivity contribution in [2.75, 3.05) is 5.73 Å². The third kappa shape index (κ3) is 1.91. The standard InChI is InChI=1S/C15H16ClN3O/c1-2-19-13(12(16)9-18-19)14(20)15(7-8-15)10-3-5-11(17)6-4-10/h3-6,9H,2,7-8,17H2,1H3. The lowest BCUT2D eigenvalue weighted by molar-refractivity contribution is 0.0935. The SMILES string of the molecule is CCn1ncc(Cl)c1C(=O)C1(c2ccc(N)cc2)CC1. The molecule has 1 heterocycles. The lowest BCUT2D eigenvalue weighted by atomic mass is 9.89. The molecule has 1 aromatic carbocycles. The van der Waals surface area contributed by atoms with Crippen LogP contribution in [0.2, 0.25) is 5.02 Å². The highest BCUT2D eigenvalue weighted by molar-refractivity contribution is 6.34. The Bertz CT molecular complexity index is 656. The molecule has 1 fully saturated rings. The summed E-state index contributed by atoms with van der Waals surface area (Å²) in [5, 5.41) is 4.58. The van der Waals surface area contributed by atoms with Gasteiger partial charge in [-0.05, 0) is 37.5 Å². The summed E-state index contributed by atoms with van der Waals surface area (Å²) in [5.41, 5.74) is 7.50. The topological polar surface area (TPSA) is 60.9 Å². The average Bonchev–Trinajstić information content (AvgIpc) is 3.17. The molecule has 2 aromatic rings. The quantitative estimate of drug-likeness (QED) is 0.695. The predicted molar refractivity (Wildman–Crippen MR) is 79.0 cm³/mol. The van der Waals surface area contributed by atoms with Crippen molar-refractivity contribution in [3.05, 3.63) is 46.7 Å². The smallest absolute Gasteiger partial charge is 0.192 e. The van der Waals surface area contributed by atoms with Crippen LogP contribution >= 0.6 is 11.6 Å². The highest BCUT2D eigenvalue weighted by Crippen LogP contribution is 2.51. The van der Waals surface area contributed by atoms with Crippen LogP contribution in [0.3, 0.4) is 0 Å². The number of anilines is 1. The Morgan fingerprint density at radius 3 is 2.60 bits per heavy atom. The fraction of sp³-hybridized carbons (Fsp3) is 0.333. The van der Waals surface area contributed by atoms with Crippen LogP contribution < -0.4 is 5.73 Å². The number of benzene rings is 1. The molecule has 1 saturated carbocycles. The van der Waals surface area contributed by atoms with Crippen LogP contribution in [0.1, 0.15) is 35.8 Å². The molecule has 5 heteroatoms. The second-order valence-corrected chi connectivity index (χ2v) is 5.60. The summed E-state index contributed by atoms with van der Waals surface area (Å²) in [5.74, 6) is 0.0617. The minimum absolute atomic E-state index is 0.0617. The van der Waals surface area contributed by atoms with Crippen molar-refractivity contribution in [2.45, 2.75) is 31.7 Å². The van der Waals surface area contributed by atoms with Crippen LogP contribution in [-0.2, 0) is 12.0 Å². The van der Waals surface area contributed by atoms with E-state index in [-0.39, 0.29) is 5.78 Å². The van der Waals surface area contributed by atoms with E-state index in [1.54, 1.807) is 4.68 Å². The molecular weight excluding hydrogens is 274 g/mol. The Hall–Kier alpha value is -1.81. The van der Waals surface area contributed by atoms with Crippen molar-refractivity contribution in [3.8, 4) is 0 Å². The molecular formula is C15H16ClN3O. The van der Waals surface area contributed by atoms with Gasteiger partial charge in [0.2, 0.25) is 0 Å². The van der Waals surface area contributed by atoms with Gasteiger partial charge in [0.1, 0.15) is 5.69 Å². The predicted octanol–water partition coefficient (Wildman–Crippen LogP) is 3.05. The van der Waals surface area contributed by atoms with E-state index in [2.05, 4.69) is 5.10 Å². The van der Waals surface area contributed by atoms with Crippen LogP contribution in [0.15, 0.2) is 30.5 Å². The van der Waals surface area contributed by atoms with E-state index >= 15 is 0 Å². The van der Waals surface area contributed by atoms with Gasteiger partial charge in [0, 0.05) is 12.2 Å². The first-order valence-corrected chi connectivity index (χ1v) is 7.08. The zero-order chi connectivity index (χ0) is 14.3. The van der Waals surface area contributed by atoms with E-state index in [1.807, 2.05) is 31.2 Å². The molecule has 0 spiro atoms. The number of nitrogens with two attached hydrogens (primary N) is 1. The lowest BCUT2D eigenvalue weighted by Gasteiger charge is -2.16. The Morgan fingerprint density at radius 1 is 1.40 bits per heavy atom. The van der Waals surface area contributed by atoms with Crippen LogP contribution in [0.5, 0.6) is 0 Å². The molecule has 0 atom stereocenters. The Labute approximate surface area is 122 Å². The molecule has 0 bridgehead atoms. The Kier molecular flexibility index (Phi) is 3.05. The number of rotatable bonds is 4. The minimum Gasteiger partial charge on any atom is -0.399 e. The van der Waals surface area contributed by atoms with Crippen molar-refractivity contribution < 1.29 is 4.79 Å². The van der Waals surface area contributed by atoms with E-state index < -0.39 is 5.41 Å². The number of carbonyl (C=O) groups excluding carboxylic acids is 1. The molecule has 4 nitrogen and oxygen atoms in total. The molecule has 104 valence electrons.